The Morgan fingerprint density at radius 1 is 1.38 bits per heavy atom. The Balaban J connectivity index is 1.92. The van der Waals surface area contributed by atoms with Crippen molar-refractivity contribution < 1.29 is 22.7 Å². The summed E-state index contributed by atoms with van der Waals surface area (Å²) in [6.45, 7) is 3.35. The van der Waals surface area contributed by atoms with Crippen molar-refractivity contribution in [3.05, 3.63) is 24.3 Å². The predicted octanol–water partition coefficient (Wildman–Crippen LogP) is 3.55. The fraction of sp³-hybridized carbons (Fsp3) is 0.462. The Hall–Kier alpha value is -1.41. The molecular formula is C13H15F3N2O2S. The molecule has 1 aliphatic rings. The van der Waals surface area contributed by atoms with E-state index in [1.54, 1.807) is 4.90 Å². The number of amides is 2. The van der Waals surface area contributed by atoms with E-state index in [0.29, 0.717) is 25.4 Å². The molecule has 0 saturated carbocycles. The Labute approximate surface area is 124 Å². The number of alkyl halides is 3. The summed E-state index contributed by atoms with van der Waals surface area (Å²) in [6.07, 6.45) is -0.0185. The van der Waals surface area contributed by atoms with E-state index in [-0.39, 0.29) is 28.8 Å². The second kappa shape index (κ2) is 6.57. The largest absolute Gasteiger partial charge is 0.446 e. The summed E-state index contributed by atoms with van der Waals surface area (Å²) >= 11 is -0.183. The molecule has 1 atom stereocenters. The van der Waals surface area contributed by atoms with Gasteiger partial charge in [0, 0.05) is 23.7 Å². The van der Waals surface area contributed by atoms with Crippen LogP contribution in [0.15, 0.2) is 29.2 Å². The Kier molecular flexibility index (Phi) is 5.00. The van der Waals surface area contributed by atoms with Crippen LogP contribution in [0.1, 0.15) is 6.92 Å². The first-order valence-electron chi connectivity index (χ1n) is 6.37. The molecule has 0 spiro atoms. The van der Waals surface area contributed by atoms with Crippen molar-refractivity contribution in [2.45, 2.75) is 23.4 Å². The summed E-state index contributed by atoms with van der Waals surface area (Å²) < 4.78 is 42.0. The van der Waals surface area contributed by atoms with Crippen molar-refractivity contribution in [1.82, 2.24) is 4.90 Å². The van der Waals surface area contributed by atoms with Gasteiger partial charge in [0.15, 0.2) is 0 Å². The van der Waals surface area contributed by atoms with E-state index >= 15 is 0 Å². The first-order valence-corrected chi connectivity index (χ1v) is 7.18. The average Bonchev–Trinajstić information content (AvgIpc) is 2.39. The van der Waals surface area contributed by atoms with E-state index in [9.17, 15) is 18.0 Å². The maximum absolute atomic E-state index is 12.2. The van der Waals surface area contributed by atoms with Gasteiger partial charge in [-0.25, -0.2) is 4.79 Å². The molecule has 4 nitrogen and oxygen atoms in total. The van der Waals surface area contributed by atoms with Crippen LogP contribution in [0, 0.1) is 0 Å². The van der Waals surface area contributed by atoms with Gasteiger partial charge in [-0.3, -0.25) is 0 Å². The second-order valence-electron chi connectivity index (χ2n) is 4.63. The highest BCUT2D eigenvalue weighted by Gasteiger charge is 2.29. The molecule has 2 amide bonds. The fourth-order valence-electron chi connectivity index (χ4n) is 1.95. The first kappa shape index (κ1) is 16.0. The number of carbonyl (C=O) groups excluding carboxylic acids is 1. The van der Waals surface area contributed by atoms with Crippen LogP contribution in [0.3, 0.4) is 0 Å². The topological polar surface area (TPSA) is 41.6 Å². The summed E-state index contributed by atoms with van der Waals surface area (Å²) in [7, 11) is 0. The number of morpholine rings is 1. The highest BCUT2D eigenvalue weighted by atomic mass is 32.2. The molecule has 1 heterocycles. The zero-order chi connectivity index (χ0) is 15.5. The highest BCUT2D eigenvalue weighted by molar-refractivity contribution is 8.00. The van der Waals surface area contributed by atoms with Gasteiger partial charge in [0.25, 0.3) is 0 Å². The molecule has 116 valence electrons. The third-order valence-corrected chi connectivity index (χ3v) is 3.61. The minimum atomic E-state index is -4.31. The molecule has 1 fully saturated rings. The van der Waals surface area contributed by atoms with Crippen LogP contribution in [0.4, 0.5) is 23.7 Å². The number of benzene rings is 1. The number of hydrogen-bond acceptors (Lipinski definition) is 3. The van der Waals surface area contributed by atoms with Gasteiger partial charge in [-0.1, -0.05) is 0 Å². The molecule has 1 aliphatic heterocycles. The summed E-state index contributed by atoms with van der Waals surface area (Å²) in [5, 5.41) is 2.66. The molecule has 21 heavy (non-hydrogen) atoms. The molecule has 8 heteroatoms. The lowest BCUT2D eigenvalue weighted by Crippen LogP contribution is -2.46. The maximum atomic E-state index is 12.2. The number of halogens is 3. The van der Waals surface area contributed by atoms with E-state index in [1.807, 2.05) is 6.92 Å². The van der Waals surface area contributed by atoms with Gasteiger partial charge < -0.3 is 15.0 Å². The molecule has 2 rings (SSSR count). The maximum Gasteiger partial charge on any atom is 0.446 e. The third-order valence-electron chi connectivity index (χ3n) is 2.87. The number of nitrogens with zero attached hydrogens (tertiary/aromatic N) is 1. The smallest absolute Gasteiger partial charge is 0.375 e. The number of carbonyl (C=O) groups is 1. The molecule has 0 aromatic heterocycles. The van der Waals surface area contributed by atoms with Crippen LogP contribution in [-0.2, 0) is 4.74 Å². The second-order valence-corrected chi connectivity index (χ2v) is 5.77. The standard InChI is InChI=1S/C13H15F3N2O2S/c1-9-8-18(6-7-20-9)12(19)17-10-2-4-11(5-3-10)21-13(14,15)16/h2-5,9H,6-8H2,1H3,(H,17,19). The molecule has 0 radical (unpaired) electrons. The zero-order valence-corrected chi connectivity index (χ0v) is 12.1. The van der Waals surface area contributed by atoms with E-state index < -0.39 is 5.51 Å². The Bertz CT molecular complexity index is 493. The van der Waals surface area contributed by atoms with Crippen LogP contribution in [0.5, 0.6) is 0 Å². The number of rotatable bonds is 2. The number of hydrogen-bond donors (Lipinski definition) is 1. The van der Waals surface area contributed by atoms with Gasteiger partial charge in [0.1, 0.15) is 0 Å². The Morgan fingerprint density at radius 3 is 2.62 bits per heavy atom. The quantitative estimate of drug-likeness (QED) is 0.847. The summed E-state index contributed by atoms with van der Waals surface area (Å²) in [5.74, 6) is 0. The summed E-state index contributed by atoms with van der Waals surface area (Å²) in [4.78, 5) is 13.7. The van der Waals surface area contributed by atoms with Crippen molar-refractivity contribution in [3.8, 4) is 0 Å². The third kappa shape index (κ3) is 5.13. The van der Waals surface area contributed by atoms with Gasteiger partial charge in [-0.2, -0.15) is 13.2 Å². The van der Waals surface area contributed by atoms with Crippen molar-refractivity contribution in [3.63, 3.8) is 0 Å². The Morgan fingerprint density at radius 2 is 2.05 bits per heavy atom. The van der Waals surface area contributed by atoms with Crippen LogP contribution in [0.25, 0.3) is 0 Å². The number of ether oxygens (including phenoxy) is 1. The lowest BCUT2D eigenvalue weighted by molar-refractivity contribution is -0.0328. The highest BCUT2D eigenvalue weighted by Crippen LogP contribution is 2.37. The minimum absolute atomic E-state index is 0.0185. The lowest BCUT2D eigenvalue weighted by Gasteiger charge is -2.31. The van der Waals surface area contributed by atoms with Gasteiger partial charge in [0.2, 0.25) is 0 Å². The molecule has 1 saturated heterocycles. The molecule has 1 unspecified atom stereocenters. The van der Waals surface area contributed by atoms with E-state index in [1.165, 1.54) is 24.3 Å². The van der Waals surface area contributed by atoms with Crippen LogP contribution < -0.4 is 5.32 Å². The number of anilines is 1. The zero-order valence-electron chi connectivity index (χ0n) is 11.3. The molecule has 1 N–H and O–H groups in total. The molecule has 1 aromatic rings. The number of urea groups is 1. The number of nitrogens with one attached hydrogen (secondary N) is 1. The van der Waals surface area contributed by atoms with Gasteiger partial charge in [0.05, 0.1) is 12.7 Å². The van der Waals surface area contributed by atoms with Crippen LogP contribution in [-0.4, -0.2) is 42.2 Å². The van der Waals surface area contributed by atoms with Crippen molar-refractivity contribution in [2.24, 2.45) is 0 Å². The molecular weight excluding hydrogens is 305 g/mol. The normalized spacial score (nSPS) is 19.4. The molecule has 1 aromatic carbocycles. The van der Waals surface area contributed by atoms with Crippen LogP contribution in [0.2, 0.25) is 0 Å². The monoisotopic (exact) mass is 320 g/mol. The first-order chi connectivity index (χ1) is 9.83. The summed E-state index contributed by atoms with van der Waals surface area (Å²) in [5.41, 5.74) is -3.85. The summed E-state index contributed by atoms with van der Waals surface area (Å²) in [6, 6.07) is 5.29. The van der Waals surface area contributed by atoms with Gasteiger partial charge in [-0.15, -0.1) is 0 Å². The fourth-order valence-corrected chi connectivity index (χ4v) is 2.48. The molecule has 0 aliphatic carbocycles. The van der Waals surface area contributed by atoms with Gasteiger partial charge >= 0.3 is 11.5 Å². The van der Waals surface area contributed by atoms with Gasteiger partial charge in [-0.05, 0) is 43.0 Å². The number of thioether (sulfide) groups is 1. The van der Waals surface area contributed by atoms with Crippen molar-refractivity contribution >= 4 is 23.5 Å². The SMILES string of the molecule is CC1CN(C(=O)Nc2ccc(SC(F)(F)F)cc2)CCO1. The van der Waals surface area contributed by atoms with E-state index in [4.69, 9.17) is 4.74 Å². The van der Waals surface area contributed by atoms with E-state index in [0.717, 1.165) is 0 Å². The van der Waals surface area contributed by atoms with Crippen LogP contribution >= 0.6 is 11.8 Å². The van der Waals surface area contributed by atoms with Crippen molar-refractivity contribution in [2.75, 3.05) is 25.0 Å². The predicted molar refractivity (Wildman–Crippen MR) is 74.4 cm³/mol. The van der Waals surface area contributed by atoms with Crippen molar-refractivity contribution in [1.29, 1.82) is 0 Å². The molecule has 0 bridgehead atoms. The average molecular weight is 320 g/mol. The van der Waals surface area contributed by atoms with E-state index in [2.05, 4.69) is 5.32 Å². The lowest BCUT2D eigenvalue weighted by atomic mass is 10.3. The minimum Gasteiger partial charge on any atom is -0.375 e.